The zero-order valence-corrected chi connectivity index (χ0v) is 15.8. The lowest BCUT2D eigenvalue weighted by Crippen LogP contribution is -2.37. The largest absolute Gasteiger partial charge is 0.356 e. The fourth-order valence-corrected chi connectivity index (χ4v) is 3.87. The topological polar surface area (TPSA) is 67.2 Å². The van der Waals surface area contributed by atoms with E-state index >= 15 is 0 Å². The maximum atomic E-state index is 12.9. The highest BCUT2D eigenvalue weighted by molar-refractivity contribution is 7.17. The van der Waals surface area contributed by atoms with Crippen LogP contribution in [0.5, 0.6) is 0 Å². The molecule has 0 spiro atoms. The first kappa shape index (κ1) is 17.9. The number of nitrogens with one attached hydrogen (secondary N) is 1. The molecule has 3 rings (SSSR count). The summed E-state index contributed by atoms with van der Waals surface area (Å²) in [7, 11) is 0. The summed E-state index contributed by atoms with van der Waals surface area (Å²) in [4.78, 5) is 31.9. The molecule has 0 radical (unpaired) electrons. The highest BCUT2D eigenvalue weighted by atomic mass is 32.1. The van der Waals surface area contributed by atoms with Crippen molar-refractivity contribution in [2.75, 3.05) is 24.5 Å². The Hall–Kier alpha value is -1.89. The number of rotatable bonds is 6. The van der Waals surface area contributed by atoms with Gasteiger partial charge in [0.1, 0.15) is 4.70 Å². The van der Waals surface area contributed by atoms with E-state index in [1.54, 1.807) is 4.57 Å². The van der Waals surface area contributed by atoms with Crippen LogP contribution in [0, 0.1) is 5.92 Å². The zero-order valence-electron chi connectivity index (χ0n) is 15.0. The SMILES string of the molecule is CC(C)CNC(=O)CCn1c(N2CCCCC2)nc2ccsc2c1=O. The standard InChI is InChI=1S/C18H26N4O2S/c1-13(2)12-19-15(23)6-10-22-17(24)16-14(7-11-25-16)20-18(22)21-8-4-3-5-9-21/h7,11,13H,3-6,8-10,12H2,1-2H3,(H,19,23). The van der Waals surface area contributed by atoms with Crippen molar-refractivity contribution in [3.05, 3.63) is 21.8 Å². The molecule has 1 N–H and O–H groups in total. The highest BCUT2D eigenvalue weighted by Crippen LogP contribution is 2.22. The molecule has 1 aliphatic rings. The third-order valence-corrected chi connectivity index (χ3v) is 5.35. The average molecular weight is 362 g/mol. The third-order valence-electron chi connectivity index (χ3n) is 4.45. The number of fused-ring (bicyclic) bond motifs is 1. The smallest absolute Gasteiger partial charge is 0.272 e. The Kier molecular flexibility index (Phi) is 5.73. The molecule has 0 bridgehead atoms. The molecule has 136 valence electrons. The zero-order chi connectivity index (χ0) is 17.8. The fraction of sp³-hybridized carbons (Fsp3) is 0.611. The molecule has 0 aliphatic carbocycles. The van der Waals surface area contributed by atoms with Crippen LogP contribution in [0.1, 0.15) is 39.5 Å². The number of anilines is 1. The first-order chi connectivity index (χ1) is 12.1. The second-order valence-electron chi connectivity index (χ2n) is 7.00. The van der Waals surface area contributed by atoms with Crippen molar-refractivity contribution in [2.45, 2.75) is 46.1 Å². The Morgan fingerprint density at radius 2 is 2.08 bits per heavy atom. The number of thiophene rings is 1. The minimum Gasteiger partial charge on any atom is -0.356 e. The van der Waals surface area contributed by atoms with E-state index in [2.05, 4.69) is 24.1 Å². The van der Waals surface area contributed by atoms with E-state index in [9.17, 15) is 9.59 Å². The Bertz CT molecular complexity index is 790. The van der Waals surface area contributed by atoms with Crippen molar-refractivity contribution in [1.82, 2.24) is 14.9 Å². The van der Waals surface area contributed by atoms with Crippen LogP contribution in [0.3, 0.4) is 0 Å². The molecule has 0 saturated carbocycles. The van der Waals surface area contributed by atoms with Crippen LogP contribution in [-0.2, 0) is 11.3 Å². The molecule has 1 saturated heterocycles. The first-order valence-electron chi connectivity index (χ1n) is 9.06. The number of aromatic nitrogens is 2. The monoisotopic (exact) mass is 362 g/mol. The van der Waals surface area contributed by atoms with Gasteiger partial charge in [0.05, 0.1) is 5.52 Å². The van der Waals surface area contributed by atoms with E-state index in [4.69, 9.17) is 4.98 Å². The molecule has 2 aromatic heterocycles. The maximum Gasteiger partial charge on any atom is 0.272 e. The summed E-state index contributed by atoms with van der Waals surface area (Å²) in [6.07, 6.45) is 3.75. The molecule has 2 aromatic rings. The minimum atomic E-state index is -0.0303. The lowest BCUT2D eigenvalue weighted by Gasteiger charge is -2.29. The van der Waals surface area contributed by atoms with Crippen LogP contribution in [0.4, 0.5) is 5.95 Å². The summed E-state index contributed by atoms with van der Waals surface area (Å²) < 4.78 is 2.36. The lowest BCUT2D eigenvalue weighted by atomic mass is 10.1. The Balaban J connectivity index is 1.85. The van der Waals surface area contributed by atoms with Crippen LogP contribution in [0.15, 0.2) is 16.2 Å². The van der Waals surface area contributed by atoms with Crippen molar-refractivity contribution in [2.24, 2.45) is 5.92 Å². The summed E-state index contributed by atoms with van der Waals surface area (Å²) in [5, 5.41) is 4.82. The van der Waals surface area contributed by atoms with Crippen molar-refractivity contribution >= 4 is 33.4 Å². The highest BCUT2D eigenvalue weighted by Gasteiger charge is 2.20. The maximum absolute atomic E-state index is 12.9. The molecule has 0 atom stereocenters. The van der Waals surface area contributed by atoms with Gasteiger partial charge < -0.3 is 10.2 Å². The van der Waals surface area contributed by atoms with Crippen LogP contribution in [-0.4, -0.2) is 35.1 Å². The third kappa shape index (κ3) is 4.21. The van der Waals surface area contributed by atoms with Crippen LogP contribution in [0.2, 0.25) is 0 Å². The lowest BCUT2D eigenvalue weighted by molar-refractivity contribution is -0.121. The average Bonchev–Trinajstić information content (AvgIpc) is 3.08. The molecule has 6 nitrogen and oxygen atoms in total. The number of amides is 1. The number of hydrogen-bond acceptors (Lipinski definition) is 5. The second-order valence-corrected chi connectivity index (χ2v) is 7.92. The Morgan fingerprint density at radius 1 is 1.32 bits per heavy atom. The van der Waals surface area contributed by atoms with E-state index in [1.165, 1.54) is 17.8 Å². The van der Waals surface area contributed by atoms with E-state index in [1.807, 2.05) is 11.4 Å². The number of piperidine rings is 1. The molecule has 0 aromatic carbocycles. The molecular weight excluding hydrogens is 336 g/mol. The Labute approximate surface area is 151 Å². The van der Waals surface area contributed by atoms with Gasteiger partial charge in [0, 0.05) is 32.6 Å². The van der Waals surface area contributed by atoms with Gasteiger partial charge >= 0.3 is 0 Å². The number of nitrogens with zero attached hydrogens (tertiary/aromatic N) is 3. The molecular formula is C18H26N4O2S. The summed E-state index contributed by atoms with van der Waals surface area (Å²) in [5.74, 6) is 1.11. The van der Waals surface area contributed by atoms with E-state index in [0.29, 0.717) is 36.1 Å². The van der Waals surface area contributed by atoms with Gasteiger partial charge in [-0.05, 0) is 36.6 Å². The van der Waals surface area contributed by atoms with Gasteiger partial charge in [-0.15, -0.1) is 11.3 Å². The molecule has 25 heavy (non-hydrogen) atoms. The molecule has 3 heterocycles. The number of carbonyl (C=O) groups is 1. The van der Waals surface area contributed by atoms with Crippen molar-refractivity contribution in [1.29, 1.82) is 0 Å². The van der Waals surface area contributed by atoms with Crippen molar-refractivity contribution in [3.63, 3.8) is 0 Å². The molecule has 1 amide bonds. The van der Waals surface area contributed by atoms with Gasteiger partial charge in [0.2, 0.25) is 11.9 Å². The molecule has 1 fully saturated rings. The van der Waals surface area contributed by atoms with Gasteiger partial charge in [0.15, 0.2) is 0 Å². The predicted molar refractivity (Wildman–Crippen MR) is 102 cm³/mol. The predicted octanol–water partition coefficient (Wildman–Crippen LogP) is 2.61. The van der Waals surface area contributed by atoms with E-state index < -0.39 is 0 Å². The van der Waals surface area contributed by atoms with Gasteiger partial charge in [0.25, 0.3) is 5.56 Å². The normalized spacial score (nSPS) is 15.1. The van der Waals surface area contributed by atoms with E-state index in [0.717, 1.165) is 31.4 Å². The number of carbonyl (C=O) groups excluding carboxylic acids is 1. The van der Waals surface area contributed by atoms with Crippen LogP contribution < -0.4 is 15.8 Å². The van der Waals surface area contributed by atoms with Crippen molar-refractivity contribution in [3.8, 4) is 0 Å². The molecule has 0 unspecified atom stereocenters. The van der Waals surface area contributed by atoms with E-state index in [-0.39, 0.29) is 11.5 Å². The van der Waals surface area contributed by atoms with Gasteiger partial charge in [-0.2, -0.15) is 0 Å². The molecule has 7 heteroatoms. The number of hydrogen-bond donors (Lipinski definition) is 1. The van der Waals surface area contributed by atoms with Crippen LogP contribution >= 0.6 is 11.3 Å². The second kappa shape index (κ2) is 7.99. The summed E-state index contributed by atoms with van der Waals surface area (Å²) in [5.41, 5.74) is 0.730. The van der Waals surface area contributed by atoms with Gasteiger partial charge in [-0.3, -0.25) is 14.2 Å². The summed E-state index contributed by atoms with van der Waals surface area (Å²) >= 11 is 1.42. The fourth-order valence-electron chi connectivity index (χ4n) is 3.09. The van der Waals surface area contributed by atoms with Gasteiger partial charge in [-0.1, -0.05) is 13.8 Å². The quantitative estimate of drug-likeness (QED) is 0.858. The summed E-state index contributed by atoms with van der Waals surface area (Å²) in [6.45, 7) is 7.00. The minimum absolute atomic E-state index is 0.0172. The van der Waals surface area contributed by atoms with Gasteiger partial charge in [-0.25, -0.2) is 4.98 Å². The van der Waals surface area contributed by atoms with Crippen LogP contribution in [0.25, 0.3) is 10.2 Å². The summed E-state index contributed by atoms with van der Waals surface area (Å²) in [6, 6.07) is 1.90. The van der Waals surface area contributed by atoms with Crippen molar-refractivity contribution < 1.29 is 4.79 Å². The molecule has 1 aliphatic heterocycles. The first-order valence-corrected chi connectivity index (χ1v) is 9.94. The Morgan fingerprint density at radius 3 is 2.80 bits per heavy atom.